The molecule has 3 aromatic rings. The van der Waals surface area contributed by atoms with E-state index in [0.29, 0.717) is 27.5 Å². The van der Waals surface area contributed by atoms with Crippen LogP contribution in [-0.2, 0) is 0 Å². The number of halogens is 1. The van der Waals surface area contributed by atoms with Crippen LogP contribution in [0, 0.1) is 0 Å². The second kappa shape index (κ2) is 9.01. The van der Waals surface area contributed by atoms with Crippen molar-refractivity contribution in [3.63, 3.8) is 0 Å². The largest absolute Gasteiger partial charge is 0.492 e. The first kappa shape index (κ1) is 20.1. The molecule has 27 heavy (non-hydrogen) atoms. The summed E-state index contributed by atoms with van der Waals surface area (Å²) in [6.07, 6.45) is 0.853. The summed E-state index contributed by atoms with van der Waals surface area (Å²) in [5.41, 5.74) is 0.800. The van der Waals surface area contributed by atoms with Crippen molar-refractivity contribution < 1.29 is 9.53 Å². The Balaban J connectivity index is 1.95. The third-order valence-electron chi connectivity index (χ3n) is 3.92. The summed E-state index contributed by atoms with van der Waals surface area (Å²) in [4.78, 5) is 22.3. The molecule has 0 saturated heterocycles. The van der Waals surface area contributed by atoms with Gasteiger partial charge in [0.05, 0.1) is 20.5 Å². The number of thiophene rings is 1. The number of benzene rings is 1. The molecular formula is C19H22ClN3O2S2. The molecule has 0 saturated carbocycles. The lowest BCUT2D eigenvalue weighted by Gasteiger charge is -2.20. The lowest BCUT2D eigenvalue weighted by atomic mass is 10.3. The Morgan fingerprint density at radius 1 is 1.19 bits per heavy atom. The standard InChI is InChI=1S/C19H22ClN3O2S2/c1-4-25-13-7-5-8-14-17(13)21-19(27-14)23(12-6-11-22(2)3)18(24)15-9-10-16(20)26-15/h5,7-10H,4,6,11-12H2,1-3H3. The van der Waals surface area contributed by atoms with Gasteiger partial charge in [0.2, 0.25) is 0 Å². The first-order valence-electron chi connectivity index (χ1n) is 8.74. The Bertz CT molecular complexity index is 923. The number of hydrogen-bond acceptors (Lipinski definition) is 6. The number of hydrogen-bond donors (Lipinski definition) is 0. The van der Waals surface area contributed by atoms with Crippen molar-refractivity contribution in [2.24, 2.45) is 0 Å². The van der Waals surface area contributed by atoms with E-state index in [1.165, 1.54) is 22.7 Å². The fourth-order valence-electron chi connectivity index (χ4n) is 2.69. The van der Waals surface area contributed by atoms with Crippen LogP contribution in [0.5, 0.6) is 5.75 Å². The number of para-hydroxylation sites is 1. The molecule has 0 bridgehead atoms. The van der Waals surface area contributed by atoms with Gasteiger partial charge in [-0.3, -0.25) is 9.69 Å². The number of aromatic nitrogens is 1. The topological polar surface area (TPSA) is 45.7 Å². The van der Waals surface area contributed by atoms with Crippen molar-refractivity contribution in [1.29, 1.82) is 0 Å². The highest BCUT2D eigenvalue weighted by atomic mass is 35.5. The second-order valence-electron chi connectivity index (χ2n) is 6.25. The Morgan fingerprint density at radius 2 is 2.00 bits per heavy atom. The quantitative estimate of drug-likeness (QED) is 0.511. The summed E-state index contributed by atoms with van der Waals surface area (Å²) in [5, 5.41) is 0.686. The molecule has 0 radical (unpaired) electrons. The normalized spacial score (nSPS) is 11.3. The minimum atomic E-state index is -0.0670. The van der Waals surface area contributed by atoms with Crippen LogP contribution in [0.4, 0.5) is 5.13 Å². The number of anilines is 1. The fraction of sp³-hybridized carbons (Fsp3) is 0.368. The fourth-order valence-corrected chi connectivity index (χ4v) is 4.69. The molecule has 0 fully saturated rings. The maximum Gasteiger partial charge on any atom is 0.270 e. The van der Waals surface area contributed by atoms with Gasteiger partial charge in [-0.2, -0.15) is 0 Å². The average molecular weight is 424 g/mol. The molecule has 1 aromatic carbocycles. The van der Waals surface area contributed by atoms with Crippen LogP contribution in [0.1, 0.15) is 23.0 Å². The first-order valence-corrected chi connectivity index (χ1v) is 10.7. The van der Waals surface area contributed by atoms with Crippen molar-refractivity contribution in [2.75, 3.05) is 38.7 Å². The number of carbonyl (C=O) groups is 1. The van der Waals surface area contributed by atoms with Crippen molar-refractivity contribution in [2.45, 2.75) is 13.3 Å². The third-order valence-corrected chi connectivity index (χ3v) is 6.18. The highest BCUT2D eigenvalue weighted by molar-refractivity contribution is 7.22. The van der Waals surface area contributed by atoms with E-state index < -0.39 is 0 Å². The summed E-state index contributed by atoms with van der Waals surface area (Å²) < 4.78 is 7.30. The zero-order valence-electron chi connectivity index (χ0n) is 15.6. The smallest absolute Gasteiger partial charge is 0.270 e. The molecule has 8 heteroatoms. The maximum atomic E-state index is 13.1. The van der Waals surface area contributed by atoms with Gasteiger partial charge in [0.15, 0.2) is 5.13 Å². The highest BCUT2D eigenvalue weighted by Crippen LogP contribution is 2.35. The molecule has 0 aliphatic heterocycles. The van der Waals surface area contributed by atoms with Crippen molar-refractivity contribution in [3.05, 3.63) is 39.5 Å². The Kier molecular flexibility index (Phi) is 6.70. The second-order valence-corrected chi connectivity index (χ2v) is 8.97. The number of ether oxygens (including phenoxy) is 1. The Morgan fingerprint density at radius 3 is 2.67 bits per heavy atom. The number of fused-ring (bicyclic) bond motifs is 1. The Hall–Kier alpha value is -1.67. The van der Waals surface area contributed by atoms with Gasteiger partial charge in [-0.05, 0) is 58.3 Å². The molecule has 0 N–H and O–H groups in total. The van der Waals surface area contributed by atoms with Crippen molar-refractivity contribution in [3.8, 4) is 5.75 Å². The van der Waals surface area contributed by atoms with E-state index in [0.717, 1.165) is 28.9 Å². The third kappa shape index (κ3) is 4.79. The minimum absolute atomic E-state index is 0.0670. The highest BCUT2D eigenvalue weighted by Gasteiger charge is 2.23. The molecule has 0 atom stereocenters. The summed E-state index contributed by atoms with van der Waals surface area (Å²) >= 11 is 8.83. The van der Waals surface area contributed by atoms with Crippen LogP contribution >= 0.6 is 34.3 Å². The van der Waals surface area contributed by atoms with Gasteiger partial charge < -0.3 is 9.64 Å². The van der Waals surface area contributed by atoms with Gasteiger partial charge in [0.25, 0.3) is 5.91 Å². The molecule has 2 heterocycles. The molecule has 0 unspecified atom stereocenters. The predicted molar refractivity (Wildman–Crippen MR) is 115 cm³/mol. The van der Waals surface area contributed by atoms with E-state index in [2.05, 4.69) is 4.90 Å². The van der Waals surface area contributed by atoms with Gasteiger partial charge >= 0.3 is 0 Å². The van der Waals surface area contributed by atoms with Crippen LogP contribution < -0.4 is 9.64 Å². The van der Waals surface area contributed by atoms with E-state index >= 15 is 0 Å². The summed E-state index contributed by atoms with van der Waals surface area (Å²) in [6, 6.07) is 9.39. The summed E-state index contributed by atoms with van der Waals surface area (Å²) in [5.74, 6) is 0.681. The van der Waals surface area contributed by atoms with Gasteiger partial charge in [-0.1, -0.05) is 29.0 Å². The van der Waals surface area contributed by atoms with Gasteiger partial charge in [-0.25, -0.2) is 4.98 Å². The van der Waals surface area contributed by atoms with E-state index in [-0.39, 0.29) is 5.91 Å². The first-order chi connectivity index (χ1) is 13.0. The van der Waals surface area contributed by atoms with Crippen molar-refractivity contribution in [1.82, 2.24) is 9.88 Å². The maximum absolute atomic E-state index is 13.1. The lowest BCUT2D eigenvalue weighted by molar-refractivity contribution is 0.0990. The van der Waals surface area contributed by atoms with Crippen LogP contribution in [0.2, 0.25) is 4.34 Å². The SMILES string of the molecule is CCOc1cccc2sc(N(CCCN(C)C)C(=O)c3ccc(Cl)s3)nc12. The molecule has 1 amide bonds. The van der Waals surface area contributed by atoms with Crippen LogP contribution in [0.15, 0.2) is 30.3 Å². The van der Waals surface area contributed by atoms with Gasteiger partial charge in [0, 0.05) is 6.54 Å². The summed E-state index contributed by atoms with van der Waals surface area (Å²) in [7, 11) is 4.05. The van der Waals surface area contributed by atoms with E-state index in [1.807, 2.05) is 39.2 Å². The van der Waals surface area contributed by atoms with Crippen LogP contribution in [0.25, 0.3) is 10.2 Å². The number of amides is 1. The monoisotopic (exact) mass is 423 g/mol. The zero-order valence-corrected chi connectivity index (χ0v) is 18.0. The van der Waals surface area contributed by atoms with E-state index in [1.54, 1.807) is 17.0 Å². The minimum Gasteiger partial charge on any atom is -0.492 e. The number of nitrogens with zero attached hydrogens (tertiary/aromatic N) is 3. The van der Waals surface area contributed by atoms with E-state index in [4.69, 9.17) is 21.3 Å². The molecule has 0 spiro atoms. The summed E-state index contributed by atoms with van der Waals surface area (Å²) in [6.45, 7) is 4.01. The zero-order chi connectivity index (χ0) is 19.4. The van der Waals surface area contributed by atoms with Gasteiger partial charge in [0.1, 0.15) is 11.3 Å². The number of rotatable bonds is 8. The molecule has 2 aromatic heterocycles. The molecule has 144 valence electrons. The van der Waals surface area contributed by atoms with E-state index in [9.17, 15) is 4.79 Å². The van der Waals surface area contributed by atoms with Crippen LogP contribution in [-0.4, -0.2) is 49.6 Å². The number of carbonyl (C=O) groups excluding carboxylic acids is 1. The van der Waals surface area contributed by atoms with Gasteiger partial charge in [-0.15, -0.1) is 11.3 Å². The molecule has 3 rings (SSSR count). The number of thiazole rings is 1. The van der Waals surface area contributed by atoms with Crippen LogP contribution in [0.3, 0.4) is 0 Å². The average Bonchev–Trinajstić information content (AvgIpc) is 3.25. The lowest BCUT2D eigenvalue weighted by Crippen LogP contribution is -2.32. The Labute approximate surface area is 172 Å². The molecular weight excluding hydrogens is 402 g/mol. The van der Waals surface area contributed by atoms with Crippen molar-refractivity contribution >= 4 is 55.5 Å². The predicted octanol–water partition coefficient (Wildman–Crippen LogP) is 5.01. The molecule has 0 aliphatic rings. The molecule has 0 aliphatic carbocycles. The molecule has 5 nitrogen and oxygen atoms in total.